The monoisotopic (exact) mass is 717 g/mol. The van der Waals surface area contributed by atoms with Crippen LogP contribution in [0.5, 0.6) is 0 Å². The van der Waals surface area contributed by atoms with Crippen molar-refractivity contribution in [2.45, 2.75) is 111 Å². The van der Waals surface area contributed by atoms with E-state index in [2.05, 4.69) is 16.0 Å². The van der Waals surface area contributed by atoms with Crippen LogP contribution in [0, 0.1) is 22.7 Å². The van der Waals surface area contributed by atoms with Crippen LogP contribution in [0.1, 0.15) is 92.2 Å². The molecule has 1 aliphatic heterocycles. The van der Waals surface area contributed by atoms with Crippen LogP contribution in [0.25, 0.3) is 0 Å². The number of benzene rings is 2. The van der Waals surface area contributed by atoms with Crippen LogP contribution < -0.4 is 21.7 Å². The van der Waals surface area contributed by atoms with Gasteiger partial charge in [0.05, 0.1) is 6.04 Å². The van der Waals surface area contributed by atoms with Gasteiger partial charge in [0.2, 0.25) is 23.5 Å². The third-order valence-electron chi connectivity index (χ3n) is 10.2. The third-order valence-corrected chi connectivity index (χ3v) is 10.2. The lowest BCUT2D eigenvalue weighted by atomic mass is 9.82. The second-order valence-corrected chi connectivity index (χ2v) is 16.7. The van der Waals surface area contributed by atoms with E-state index in [0.717, 1.165) is 11.1 Å². The molecule has 0 bridgehead atoms. The Balaban J connectivity index is 1.71. The Hall–Kier alpha value is -4.74. The number of piperidine rings is 1. The van der Waals surface area contributed by atoms with Gasteiger partial charge in [-0.2, -0.15) is 0 Å². The fourth-order valence-electron chi connectivity index (χ4n) is 7.48. The second kappa shape index (κ2) is 15.5. The lowest BCUT2D eigenvalue weighted by Crippen LogP contribution is -2.62. The molecule has 5 amide bonds. The molecule has 0 spiro atoms. The summed E-state index contributed by atoms with van der Waals surface area (Å²) in [5.74, 6) is -4.51. The van der Waals surface area contributed by atoms with Crippen LogP contribution in [0.2, 0.25) is 0 Å². The summed E-state index contributed by atoms with van der Waals surface area (Å²) in [7, 11) is 0. The maximum atomic E-state index is 14.7. The van der Waals surface area contributed by atoms with E-state index in [0.29, 0.717) is 6.42 Å². The van der Waals surface area contributed by atoms with E-state index < -0.39 is 76.6 Å². The number of alkyl carbamates (subject to hydrolysis) is 1. The number of Topliss-reactive ketones (excluding diaryl/α,β-unsaturated/α-hetero) is 1. The van der Waals surface area contributed by atoms with Crippen molar-refractivity contribution < 1.29 is 33.5 Å². The zero-order valence-electron chi connectivity index (χ0n) is 31.8. The molecular weight excluding hydrogens is 662 g/mol. The molecule has 282 valence electrons. The van der Waals surface area contributed by atoms with Crippen LogP contribution in [0.15, 0.2) is 60.7 Å². The lowest BCUT2D eigenvalue weighted by Gasteiger charge is -2.39. The van der Waals surface area contributed by atoms with E-state index in [9.17, 15) is 28.8 Å². The maximum absolute atomic E-state index is 14.7. The van der Waals surface area contributed by atoms with Gasteiger partial charge in [-0.3, -0.25) is 24.0 Å². The second-order valence-electron chi connectivity index (χ2n) is 16.7. The zero-order chi connectivity index (χ0) is 38.8. The maximum Gasteiger partial charge on any atom is 0.408 e. The average Bonchev–Trinajstić information content (AvgIpc) is 3.36. The van der Waals surface area contributed by atoms with Crippen molar-refractivity contribution in [2.24, 2.45) is 28.4 Å². The number of nitrogens with zero attached hydrogens (tertiary/aromatic N) is 1. The number of hydrogen-bond acceptors (Lipinski definition) is 7. The van der Waals surface area contributed by atoms with Crippen LogP contribution in [-0.4, -0.2) is 76.7 Å². The summed E-state index contributed by atoms with van der Waals surface area (Å²) in [5.41, 5.74) is 4.88. The van der Waals surface area contributed by atoms with Gasteiger partial charge in [0.15, 0.2) is 0 Å². The van der Waals surface area contributed by atoms with E-state index in [1.54, 1.807) is 20.8 Å². The van der Waals surface area contributed by atoms with Crippen LogP contribution in [0.3, 0.4) is 0 Å². The number of likely N-dealkylation sites (tertiary alicyclic amines) is 1. The Labute approximate surface area is 307 Å². The molecule has 52 heavy (non-hydrogen) atoms. The SMILES string of the molecule is CCCC(NC(=O)[C@@H]1C2C(CN1C(=O)[C@@H](NC(=O)C(NC(=O)OC(C)(C)C)C(c1ccccc1)c1ccccc1)C(C)(C)C)C2(C)C)C(=O)C(N)=O. The molecule has 4 rings (SSSR count). The average molecular weight is 718 g/mol. The van der Waals surface area contributed by atoms with Gasteiger partial charge in [-0.05, 0) is 61.0 Å². The third kappa shape index (κ3) is 9.00. The first kappa shape index (κ1) is 40.0. The number of nitrogens with one attached hydrogen (secondary N) is 3. The van der Waals surface area contributed by atoms with Crippen molar-refractivity contribution in [3.8, 4) is 0 Å². The van der Waals surface area contributed by atoms with Gasteiger partial charge in [0.1, 0.15) is 23.7 Å². The largest absolute Gasteiger partial charge is 0.444 e. The van der Waals surface area contributed by atoms with Gasteiger partial charge in [-0.25, -0.2) is 4.79 Å². The van der Waals surface area contributed by atoms with Gasteiger partial charge < -0.3 is 31.3 Å². The van der Waals surface area contributed by atoms with Crippen molar-refractivity contribution in [3.63, 3.8) is 0 Å². The van der Waals surface area contributed by atoms with Gasteiger partial charge in [-0.15, -0.1) is 0 Å². The number of hydrogen-bond donors (Lipinski definition) is 4. The number of fused-ring (bicyclic) bond motifs is 1. The van der Waals surface area contributed by atoms with Gasteiger partial charge in [0.25, 0.3) is 5.91 Å². The fourth-order valence-corrected chi connectivity index (χ4v) is 7.48. The topological polar surface area (TPSA) is 177 Å². The Bertz CT molecular complexity index is 1610. The molecule has 12 nitrogen and oxygen atoms in total. The van der Waals surface area contributed by atoms with Crippen molar-refractivity contribution >= 4 is 35.5 Å². The molecule has 2 fully saturated rings. The molecule has 2 aromatic rings. The normalized spacial score (nSPS) is 20.9. The summed E-state index contributed by atoms with van der Waals surface area (Å²) in [5, 5.41) is 8.50. The highest BCUT2D eigenvalue weighted by Gasteiger charge is 2.70. The molecule has 0 radical (unpaired) electrons. The number of primary amides is 1. The quantitative estimate of drug-likeness (QED) is 0.226. The first-order valence-corrected chi connectivity index (χ1v) is 18.0. The van der Waals surface area contributed by atoms with Crippen molar-refractivity contribution in [2.75, 3.05) is 6.54 Å². The highest BCUT2D eigenvalue weighted by Crippen LogP contribution is 2.65. The molecule has 0 aromatic heterocycles. The smallest absolute Gasteiger partial charge is 0.408 e. The highest BCUT2D eigenvalue weighted by molar-refractivity contribution is 6.37. The summed E-state index contributed by atoms with van der Waals surface area (Å²) in [6, 6.07) is 14.2. The minimum atomic E-state index is -1.21. The van der Waals surface area contributed by atoms with Crippen molar-refractivity contribution in [1.82, 2.24) is 20.9 Å². The Morgan fingerprint density at radius 2 is 1.40 bits per heavy atom. The lowest BCUT2D eigenvalue weighted by molar-refractivity contribution is -0.146. The molecule has 4 unspecified atom stereocenters. The summed E-state index contributed by atoms with van der Waals surface area (Å²) < 4.78 is 5.60. The van der Waals surface area contributed by atoms with Gasteiger partial charge in [-0.1, -0.05) is 109 Å². The predicted molar refractivity (Wildman–Crippen MR) is 197 cm³/mol. The number of ether oxygens (including phenoxy) is 1. The molecule has 1 saturated heterocycles. The number of rotatable bonds is 13. The molecule has 1 aliphatic carbocycles. The van der Waals surface area contributed by atoms with E-state index in [-0.39, 0.29) is 30.2 Å². The van der Waals surface area contributed by atoms with E-state index in [1.807, 2.05) is 102 Å². The first-order chi connectivity index (χ1) is 24.2. The summed E-state index contributed by atoms with van der Waals surface area (Å²) in [4.78, 5) is 82.5. The predicted octanol–water partition coefficient (Wildman–Crippen LogP) is 4.07. The number of carbonyl (C=O) groups is 6. The molecule has 2 aromatic carbocycles. The van der Waals surface area contributed by atoms with Gasteiger partial charge in [0, 0.05) is 12.5 Å². The molecule has 1 heterocycles. The van der Waals surface area contributed by atoms with Crippen LogP contribution >= 0.6 is 0 Å². The minimum Gasteiger partial charge on any atom is -0.444 e. The molecule has 1 saturated carbocycles. The summed E-state index contributed by atoms with van der Waals surface area (Å²) >= 11 is 0. The number of ketones is 1. The summed E-state index contributed by atoms with van der Waals surface area (Å²) in [6.45, 7) is 16.8. The Kier molecular flexibility index (Phi) is 11.9. The van der Waals surface area contributed by atoms with Crippen LogP contribution in [-0.2, 0) is 28.7 Å². The molecule has 5 N–H and O–H groups in total. The number of nitrogens with two attached hydrogens (primary N) is 1. The molecule has 12 heteroatoms. The number of amides is 5. The molecule has 2 aliphatic rings. The highest BCUT2D eigenvalue weighted by atomic mass is 16.6. The van der Waals surface area contributed by atoms with E-state index >= 15 is 0 Å². The Morgan fingerprint density at radius 1 is 0.865 bits per heavy atom. The summed E-state index contributed by atoms with van der Waals surface area (Å²) in [6.07, 6.45) is -0.0743. The fraction of sp³-hybridized carbons (Fsp3) is 0.550. The van der Waals surface area contributed by atoms with E-state index in [4.69, 9.17) is 10.5 Å². The van der Waals surface area contributed by atoms with Gasteiger partial charge >= 0.3 is 6.09 Å². The first-order valence-electron chi connectivity index (χ1n) is 18.0. The minimum absolute atomic E-state index is 0.0158. The van der Waals surface area contributed by atoms with Crippen molar-refractivity contribution in [3.05, 3.63) is 71.8 Å². The number of carbonyl (C=O) groups excluding carboxylic acids is 6. The van der Waals surface area contributed by atoms with E-state index in [1.165, 1.54) is 4.90 Å². The van der Waals surface area contributed by atoms with Crippen LogP contribution in [0.4, 0.5) is 4.79 Å². The Morgan fingerprint density at radius 3 is 1.87 bits per heavy atom. The molecule has 6 atom stereocenters. The zero-order valence-corrected chi connectivity index (χ0v) is 31.8. The standard InChI is InChI=1S/C40H55N5O7/c1-10-17-26(31(46)33(41)47)42-35(49)30-28-25(40(28,8)9)22-45(30)36(50)32(38(2,3)4)44-34(48)29(43-37(51)52-39(5,6)7)27(23-18-13-11-14-19-23)24-20-15-12-16-21-24/h11-16,18-21,25-30,32H,10,17,22H2,1-9H3,(H2,41,47)(H,42,49)(H,43,51)(H,44,48)/t25?,26?,28?,29?,30-,32+/m0/s1. The molecular formula is C40H55N5O7. The van der Waals surface area contributed by atoms with Crippen molar-refractivity contribution in [1.29, 1.82) is 0 Å².